The van der Waals surface area contributed by atoms with Gasteiger partial charge >= 0.3 is 0 Å². The third-order valence-corrected chi connectivity index (χ3v) is 5.20. The van der Waals surface area contributed by atoms with E-state index in [9.17, 15) is 9.59 Å². The number of hydrogen-bond acceptors (Lipinski definition) is 3. The van der Waals surface area contributed by atoms with E-state index in [1.54, 1.807) is 12.1 Å². The highest BCUT2D eigenvalue weighted by molar-refractivity contribution is 6.30. The molecule has 0 aliphatic heterocycles. The van der Waals surface area contributed by atoms with Gasteiger partial charge in [-0.3, -0.25) is 9.59 Å². The maximum Gasteiger partial charge on any atom is 0.287 e. The summed E-state index contributed by atoms with van der Waals surface area (Å²) < 4.78 is 5.04. The quantitative estimate of drug-likeness (QED) is 0.757. The summed E-state index contributed by atoms with van der Waals surface area (Å²) in [5.74, 6) is -0.0165. The molecular formula is C20H23ClN2O3. The standard InChI is InChI=1S/C20H23ClN2O3/c21-16-7-4-6-15(14-16)20(9-2-1-3-10-20)19(25)23-12-11-22-18(24)17-8-5-13-26-17/h4-8,13-14H,1-3,9-12H2,(H,22,24)(H,23,25). The molecular weight excluding hydrogens is 352 g/mol. The monoisotopic (exact) mass is 374 g/mol. The lowest BCUT2D eigenvalue weighted by molar-refractivity contribution is -0.128. The number of carbonyl (C=O) groups is 2. The van der Waals surface area contributed by atoms with Gasteiger partial charge in [0, 0.05) is 18.1 Å². The first-order valence-corrected chi connectivity index (χ1v) is 9.36. The highest BCUT2D eigenvalue weighted by Crippen LogP contribution is 2.40. The number of halogens is 1. The van der Waals surface area contributed by atoms with Crippen molar-refractivity contribution in [2.75, 3.05) is 13.1 Å². The molecule has 1 aliphatic rings. The molecule has 0 bridgehead atoms. The van der Waals surface area contributed by atoms with E-state index in [-0.39, 0.29) is 17.6 Å². The molecule has 1 fully saturated rings. The predicted molar refractivity (Wildman–Crippen MR) is 100 cm³/mol. The fourth-order valence-electron chi connectivity index (χ4n) is 3.60. The zero-order chi connectivity index (χ0) is 18.4. The largest absolute Gasteiger partial charge is 0.459 e. The van der Waals surface area contributed by atoms with E-state index in [4.69, 9.17) is 16.0 Å². The summed E-state index contributed by atoms with van der Waals surface area (Å²) in [6.07, 6.45) is 6.28. The Kier molecular flexibility index (Phi) is 5.99. The molecule has 138 valence electrons. The van der Waals surface area contributed by atoms with Crippen molar-refractivity contribution in [3.8, 4) is 0 Å². The Morgan fingerprint density at radius 3 is 2.50 bits per heavy atom. The van der Waals surface area contributed by atoms with Crippen molar-refractivity contribution in [1.82, 2.24) is 10.6 Å². The Bertz CT molecular complexity index is 752. The molecule has 1 heterocycles. The van der Waals surface area contributed by atoms with Crippen molar-refractivity contribution in [1.29, 1.82) is 0 Å². The number of hydrogen-bond donors (Lipinski definition) is 2. The van der Waals surface area contributed by atoms with Crippen LogP contribution in [-0.2, 0) is 10.2 Å². The van der Waals surface area contributed by atoms with Gasteiger partial charge in [0.05, 0.1) is 11.7 Å². The number of benzene rings is 1. The van der Waals surface area contributed by atoms with Gasteiger partial charge < -0.3 is 15.1 Å². The molecule has 2 N–H and O–H groups in total. The first-order valence-electron chi connectivity index (χ1n) is 8.98. The smallest absolute Gasteiger partial charge is 0.287 e. The summed E-state index contributed by atoms with van der Waals surface area (Å²) >= 11 is 6.15. The summed E-state index contributed by atoms with van der Waals surface area (Å²) in [6, 6.07) is 10.9. The lowest BCUT2D eigenvalue weighted by Crippen LogP contribution is -2.47. The maximum atomic E-state index is 13.0. The van der Waals surface area contributed by atoms with E-state index >= 15 is 0 Å². The fraction of sp³-hybridized carbons (Fsp3) is 0.400. The van der Waals surface area contributed by atoms with Gasteiger partial charge in [-0.2, -0.15) is 0 Å². The Labute approximate surface area is 158 Å². The molecule has 0 unspecified atom stereocenters. The van der Waals surface area contributed by atoms with Gasteiger partial charge in [0.2, 0.25) is 5.91 Å². The first kappa shape index (κ1) is 18.5. The Morgan fingerprint density at radius 1 is 1.04 bits per heavy atom. The lowest BCUT2D eigenvalue weighted by atomic mass is 9.68. The Hall–Kier alpha value is -2.27. The third kappa shape index (κ3) is 4.10. The number of nitrogens with one attached hydrogen (secondary N) is 2. The van der Waals surface area contributed by atoms with E-state index in [0.717, 1.165) is 37.7 Å². The van der Waals surface area contributed by atoms with Crippen LogP contribution in [0.1, 0.15) is 48.2 Å². The van der Waals surface area contributed by atoms with E-state index in [1.807, 2.05) is 24.3 Å². The third-order valence-electron chi connectivity index (χ3n) is 4.96. The molecule has 1 aliphatic carbocycles. The molecule has 3 rings (SSSR count). The molecule has 6 heteroatoms. The molecule has 2 aromatic rings. The van der Waals surface area contributed by atoms with Crippen LogP contribution in [0.3, 0.4) is 0 Å². The maximum absolute atomic E-state index is 13.0. The van der Waals surface area contributed by atoms with Crippen molar-refractivity contribution in [2.24, 2.45) is 0 Å². The zero-order valence-electron chi connectivity index (χ0n) is 14.6. The summed E-state index contributed by atoms with van der Waals surface area (Å²) in [5, 5.41) is 6.37. The number of rotatable bonds is 6. The van der Waals surface area contributed by atoms with E-state index in [1.165, 1.54) is 6.26 Å². The summed E-state index contributed by atoms with van der Waals surface area (Å²) in [5.41, 5.74) is 0.440. The highest BCUT2D eigenvalue weighted by atomic mass is 35.5. The number of amides is 2. The van der Waals surface area contributed by atoms with Crippen molar-refractivity contribution in [3.63, 3.8) is 0 Å². The van der Waals surface area contributed by atoms with Gasteiger partial charge in [0.25, 0.3) is 5.91 Å². The van der Waals surface area contributed by atoms with Crippen LogP contribution in [0.4, 0.5) is 0 Å². The molecule has 1 saturated carbocycles. The predicted octanol–water partition coefficient (Wildman–Crippen LogP) is 3.68. The highest BCUT2D eigenvalue weighted by Gasteiger charge is 2.40. The van der Waals surface area contributed by atoms with E-state index in [0.29, 0.717) is 18.1 Å². The summed E-state index contributed by atoms with van der Waals surface area (Å²) in [4.78, 5) is 24.9. The van der Waals surface area contributed by atoms with Gasteiger partial charge in [0.15, 0.2) is 5.76 Å². The van der Waals surface area contributed by atoms with Crippen LogP contribution < -0.4 is 10.6 Å². The lowest BCUT2D eigenvalue weighted by Gasteiger charge is -2.36. The minimum atomic E-state index is -0.534. The van der Waals surface area contributed by atoms with Crippen LogP contribution in [0, 0.1) is 0 Å². The van der Waals surface area contributed by atoms with Crippen LogP contribution >= 0.6 is 11.6 Å². The topological polar surface area (TPSA) is 71.3 Å². The van der Waals surface area contributed by atoms with Gasteiger partial charge in [-0.1, -0.05) is 43.0 Å². The molecule has 0 saturated heterocycles. The average Bonchev–Trinajstić information content (AvgIpc) is 3.20. The molecule has 1 aromatic heterocycles. The first-order chi connectivity index (χ1) is 12.6. The van der Waals surface area contributed by atoms with Crippen molar-refractivity contribution >= 4 is 23.4 Å². The second kappa shape index (κ2) is 8.41. The minimum absolute atomic E-state index is 0.00622. The molecule has 5 nitrogen and oxygen atoms in total. The van der Waals surface area contributed by atoms with Gasteiger partial charge in [-0.25, -0.2) is 0 Å². The van der Waals surface area contributed by atoms with Crippen LogP contribution in [0.25, 0.3) is 0 Å². The molecule has 0 atom stereocenters. The molecule has 1 aromatic carbocycles. The average molecular weight is 375 g/mol. The van der Waals surface area contributed by atoms with Crippen LogP contribution in [0.2, 0.25) is 5.02 Å². The zero-order valence-corrected chi connectivity index (χ0v) is 15.3. The van der Waals surface area contributed by atoms with Crippen molar-refractivity contribution < 1.29 is 14.0 Å². The van der Waals surface area contributed by atoms with E-state index < -0.39 is 5.41 Å². The van der Waals surface area contributed by atoms with Crippen LogP contribution in [0.5, 0.6) is 0 Å². The van der Waals surface area contributed by atoms with Gasteiger partial charge in [-0.05, 0) is 42.7 Å². The Morgan fingerprint density at radius 2 is 1.81 bits per heavy atom. The summed E-state index contributed by atoms with van der Waals surface area (Å²) in [7, 11) is 0. The number of furan rings is 1. The Balaban J connectivity index is 1.60. The molecule has 0 spiro atoms. The van der Waals surface area contributed by atoms with Gasteiger partial charge in [0.1, 0.15) is 0 Å². The van der Waals surface area contributed by atoms with Crippen LogP contribution in [0.15, 0.2) is 47.1 Å². The molecule has 0 radical (unpaired) electrons. The van der Waals surface area contributed by atoms with Crippen molar-refractivity contribution in [2.45, 2.75) is 37.5 Å². The van der Waals surface area contributed by atoms with Crippen LogP contribution in [-0.4, -0.2) is 24.9 Å². The summed E-state index contributed by atoms with van der Waals surface area (Å²) in [6.45, 7) is 0.713. The molecule has 2 amide bonds. The second-order valence-corrected chi connectivity index (χ2v) is 7.08. The van der Waals surface area contributed by atoms with E-state index in [2.05, 4.69) is 10.6 Å². The fourth-order valence-corrected chi connectivity index (χ4v) is 3.79. The SMILES string of the molecule is O=C(NCCNC(=O)C1(c2cccc(Cl)c2)CCCCC1)c1ccco1. The van der Waals surface area contributed by atoms with Crippen molar-refractivity contribution in [3.05, 3.63) is 59.0 Å². The molecule has 26 heavy (non-hydrogen) atoms. The van der Waals surface area contributed by atoms with Gasteiger partial charge in [-0.15, -0.1) is 0 Å². The number of carbonyl (C=O) groups excluding carboxylic acids is 2. The normalized spacial score (nSPS) is 16.0. The minimum Gasteiger partial charge on any atom is -0.459 e. The second-order valence-electron chi connectivity index (χ2n) is 6.64.